The van der Waals surface area contributed by atoms with Crippen molar-refractivity contribution in [2.45, 2.75) is 93.5 Å². The summed E-state index contributed by atoms with van der Waals surface area (Å²) in [5, 5.41) is 30.5. The number of aliphatic hydroxyl groups excluding tert-OH is 1. The summed E-state index contributed by atoms with van der Waals surface area (Å²) in [6.07, 6.45) is 12.3. The Morgan fingerprint density at radius 1 is 1.10 bits per heavy atom. The molecule has 1 spiro atoms. The van der Waals surface area contributed by atoms with Gasteiger partial charge in [0.25, 0.3) is 0 Å². The van der Waals surface area contributed by atoms with Crippen LogP contribution in [0.5, 0.6) is 5.75 Å². The molecule has 1 heterocycles. The lowest BCUT2D eigenvalue weighted by Crippen LogP contribution is -2.60. The normalized spacial score (nSPS) is 29.0. The molecular weight excluding hydrogens is 552 g/mol. The third-order valence-electron chi connectivity index (χ3n) is 10.6. The number of carboxylic acids is 1. The van der Waals surface area contributed by atoms with Gasteiger partial charge in [0.05, 0.1) is 28.0 Å². The Hall–Kier alpha value is -2.88. The molecule has 1 unspecified atom stereocenters. The van der Waals surface area contributed by atoms with Gasteiger partial charge in [-0.15, -0.1) is 0 Å². The summed E-state index contributed by atoms with van der Waals surface area (Å²) in [6.45, 7) is 0.532. The summed E-state index contributed by atoms with van der Waals surface area (Å²) in [6, 6.07) is 13.3. The van der Waals surface area contributed by atoms with Gasteiger partial charge in [-0.3, -0.25) is 0 Å². The number of primary sulfonamides is 1. The summed E-state index contributed by atoms with van der Waals surface area (Å²) in [7, 11) is -3.54. The molecule has 2 fully saturated rings. The number of ether oxygens (including phenoxy) is 1. The molecule has 2 aromatic rings. The number of aryl methyl sites for hydroxylation is 1. The quantitative estimate of drug-likeness (QED) is 0.310. The van der Waals surface area contributed by atoms with Gasteiger partial charge in [0, 0.05) is 12.0 Å². The standard InChI is InChI=1S/C33H42N2O6S/c34-42(39,40)28-13-5-10-23(28)9-3-4-16-32(17-7-18-32)29(36)30-33(19-6-11-22-8-1-2-12-25(22)33)21-35-26-20-24(31(37)38)14-15-27(26)41-30/h1-4,8,12,14-15,20,23,28-30,35-36H,5-7,9-11,13,16-19,21H2,(H,37,38)(H2,34,39,40)/b4-3+/t23-,28-,29-,30-,33?/m0/s1. The molecule has 4 aliphatic rings. The summed E-state index contributed by atoms with van der Waals surface area (Å²) >= 11 is 0. The molecule has 2 saturated carbocycles. The third-order valence-corrected chi connectivity index (χ3v) is 12.1. The number of aliphatic hydroxyl groups is 1. The minimum absolute atomic E-state index is 0.0454. The van der Waals surface area contributed by atoms with E-state index in [4.69, 9.17) is 9.88 Å². The van der Waals surface area contributed by atoms with Gasteiger partial charge in [0.2, 0.25) is 10.0 Å². The predicted octanol–water partition coefficient (Wildman–Crippen LogP) is 5.16. The first-order valence-corrected chi connectivity index (χ1v) is 16.9. The molecule has 6 rings (SSSR count). The van der Waals surface area contributed by atoms with Gasteiger partial charge in [-0.25, -0.2) is 18.4 Å². The Labute approximate surface area is 248 Å². The van der Waals surface area contributed by atoms with Crippen molar-refractivity contribution in [3.8, 4) is 5.75 Å². The molecule has 42 heavy (non-hydrogen) atoms. The van der Waals surface area contributed by atoms with E-state index in [0.29, 0.717) is 37.2 Å². The van der Waals surface area contributed by atoms with Crippen molar-refractivity contribution >= 4 is 21.7 Å². The van der Waals surface area contributed by atoms with Crippen LogP contribution in [-0.2, 0) is 21.9 Å². The minimum Gasteiger partial charge on any atom is -0.485 e. The van der Waals surface area contributed by atoms with Crippen molar-refractivity contribution in [2.24, 2.45) is 16.5 Å². The molecule has 1 aliphatic heterocycles. The van der Waals surface area contributed by atoms with Crippen LogP contribution in [0.2, 0.25) is 0 Å². The number of rotatable bonds is 8. The van der Waals surface area contributed by atoms with Crippen LogP contribution in [0.4, 0.5) is 5.69 Å². The topological polar surface area (TPSA) is 139 Å². The molecule has 0 bridgehead atoms. The van der Waals surface area contributed by atoms with Gasteiger partial charge in [-0.05, 0) is 93.0 Å². The van der Waals surface area contributed by atoms with Gasteiger partial charge in [0.1, 0.15) is 11.9 Å². The number of nitrogens with one attached hydrogen (secondary N) is 1. The lowest BCUT2D eigenvalue weighted by molar-refractivity contribution is -0.115. The lowest BCUT2D eigenvalue weighted by Gasteiger charge is -2.53. The molecule has 0 saturated heterocycles. The van der Waals surface area contributed by atoms with E-state index >= 15 is 0 Å². The number of hydrogen-bond acceptors (Lipinski definition) is 6. The van der Waals surface area contributed by atoms with Gasteiger partial charge in [-0.1, -0.05) is 49.3 Å². The van der Waals surface area contributed by atoms with Gasteiger partial charge >= 0.3 is 5.97 Å². The number of anilines is 1. The first-order valence-electron chi connectivity index (χ1n) is 15.3. The number of nitrogens with two attached hydrogens (primary N) is 1. The highest BCUT2D eigenvalue weighted by Gasteiger charge is 2.56. The second kappa shape index (κ2) is 11.3. The Bertz CT molecular complexity index is 1470. The van der Waals surface area contributed by atoms with Crippen molar-refractivity contribution in [3.05, 3.63) is 71.3 Å². The molecule has 8 nitrogen and oxygen atoms in total. The Morgan fingerprint density at radius 3 is 2.64 bits per heavy atom. The molecule has 3 aliphatic carbocycles. The van der Waals surface area contributed by atoms with Gasteiger partial charge in [0.15, 0.2) is 0 Å². The highest BCUT2D eigenvalue weighted by Crippen LogP contribution is 2.54. The first kappa shape index (κ1) is 29.2. The average molecular weight is 595 g/mol. The molecule has 0 radical (unpaired) electrons. The zero-order valence-corrected chi connectivity index (χ0v) is 24.8. The number of hydrogen-bond donors (Lipinski definition) is 4. The monoisotopic (exact) mass is 594 g/mol. The van der Waals surface area contributed by atoms with Crippen molar-refractivity contribution < 1.29 is 28.2 Å². The van der Waals surface area contributed by atoms with Gasteiger partial charge < -0.3 is 20.3 Å². The average Bonchev–Trinajstić information content (AvgIpc) is 3.37. The van der Waals surface area contributed by atoms with E-state index in [9.17, 15) is 23.4 Å². The Kier molecular flexibility index (Phi) is 7.87. The van der Waals surface area contributed by atoms with E-state index in [1.54, 1.807) is 18.2 Å². The van der Waals surface area contributed by atoms with Crippen LogP contribution in [0, 0.1) is 11.3 Å². The van der Waals surface area contributed by atoms with Crippen LogP contribution in [0.1, 0.15) is 85.7 Å². The van der Waals surface area contributed by atoms with Crippen LogP contribution in [0.25, 0.3) is 0 Å². The molecule has 0 aromatic heterocycles. The van der Waals surface area contributed by atoms with Crippen LogP contribution >= 0.6 is 0 Å². The fourth-order valence-corrected chi connectivity index (χ4v) is 9.45. The smallest absolute Gasteiger partial charge is 0.335 e. The summed E-state index contributed by atoms with van der Waals surface area (Å²) in [5.74, 6) is -0.389. The summed E-state index contributed by atoms with van der Waals surface area (Å²) in [5.41, 5.74) is 2.45. The van der Waals surface area contributed by atoms with Crippen molar-refractivity contribution in [3.63, 3.8) is 0 Å². The van der Waals surface area contributed by atoms with E-state index in [2.05, 4.69) is 41.7 Å². The zero-order chi connectivity index (χ0) is 29.5. The number of allylic oxidation sites excluding steroid dienone is 2. The maximum atomic E-state index is 12.4. The second-order valence-corrected chi connectivity index (χ2v) is 14.7. The van der Waals surface area contributed by atoms with E-state index in [0.717, 1.165) is 51.4 Å². The first-order chi connectivity index (χ1) is 20.1. The highest BCUT2D eigenvalue weighted by molar-refractivity contribution is 7.89. The van der Waals surface area contributed by atoms with Crippen molar-refractivity contribution in [1.82, 2.24) is 0 Å². The number of benzene rings is 2. The minimum atomic E-state index is -3.54. The molecule has 5 N–H and O–H groups in total. The molecule has 226 valence electrons. The molecular formula is C33H42N2O6S. The van der Waals surface area contributed by atoms with Crippen LogP contribution in [0.15, 0.2) is 54.6 Å². The fourth-order valence-electron chi connectivity index (χ4n) is 8.17. The second-order valence-electron chi connectivity index (χ2n) is 13.0. The maximum Gasteiger partial charge on any atom is 0.335 e. The molecule has 9 heteroatoms. The van der Waals surface area contributed by atoms with Crippen LogP contribution in [0.3, 0.4) is 0 Å². The summed E-state index contributed by atoms with van der Waals surface area (Å²) in [4.78, 5) is 11.7. The Balaban J connectivity index is 1.30. The number of carboxylic acid groups (broad SMARTS) is 1. The fraction of sp³-hybridized carbons (Fsp3) is 0.545. The van der Waals surface area contributed by atoms with Crippen molar-refractivity contribution in [2.75, 3.05) is 11.9 Å². The van der Waals surface area contributed by atoms with E-state index < -0.39 is 38.9 Å². The van der Waals surface area contributed by atoms with E-state index in [1.165, 1.54) is 11.1 Å². The van der Waals surface area contributed by atoms with E-state index in [-0.39, 0.29) is 16.9 Å². The van der Waals surface area contributed by atoms with Crippen LogP contribution < -0.4 is 15.2 Å². The number of aromatic carboxylic acids is 1. The van der Waals surface area contributed by atoms with Crippen molar-refractivity contribution in [1.29, 1.82) is 0 Å². The largest absolute Gasteiger partial charge is 0.485 e. The lowest BCUT2D eigenvalue weighted by atomic mass is 9.56. The summed E-state index contributed by atoms with van der Waals surface area (Å²) < 4.78 is 30.9. The Morgan fingerprint density at radius 2 is 1.90 bits per heavy atom. The van der Waals surface area contributed by atoms with E-state index in [1.807, 2.05) is 0 Å². The number of sulfonamides is 1. The predicted molar refractivity (Wildman–Crippen MR) is 162 cm³/mol. The van der Waals surface area contributed by atoms with Crippen LogP contribution in [-0.4, -0.2) is 48.6 Å². The number of carbonyl (C=O) groups is 1. The highest BCUT2D eigenvalue weighted by atomic mass is 32.2. The third kappa shape index (κ3) is 5.24. The molecule has 0 amide bonds. The van der Waals surface area contributed by atoms with Gasteiger partial charge in [-0.2, -0.15) is 0 Å². The maximum absolute atomic E-state index is 12.4. The number of fused-ring (bicyclic) bond motifs is 3. The SMILES string of the molecule is NS(=O)(=O)[C@H]1CCC[C@@H]1C/C=C/CC1([C@@H](O)[C@@H]2Oc3ccc(C(=O)O)cc3NCC23CCCc2ccccc23)CCC1. The molecule has 2 aromatic carbocycles. The zero-order valence-electron chi connectivity index (χ0n) is 24.0. The molecule has 5 atom stereocenters.